The Morgan fingerprint density at radius 2 is 1.14 bits per heavy atom. The van der Waals surface area contributed by atoms with Crippen LogP contribution in [0.1, 0.15) is 165 Å². The molecule has 1 nitrogen and oxygen atoms in total. The van der Waals surface area contributed by atoms with Gasteiger partial charge in [0.05, 0.1) is 5.69 Å². The SMILES string of the molecule is C=C(SC1=CCC(C)(C(C)(C)C)C=C1CC)B(c1ccc(N(c2ccc(C(C)(C)C)cc2)c2c(C)cc(C(C)(C)C)cc2C)cc1Cc1ccc(C(C)(C)C)cc1)c1c(C)cc(C)cc1C. The Kier molecular flexibility index (Phi) is 14.6. The minimum Gasteiger partial charge on any atom is -0.310 e. The van der Waals surface area contributed by atoms with E-state index in [-0.39, 0.29) is 33.8 Å². The summed E-state index contributed by atoms with van der Waals surface area (Å²) in [6.07, 6.45) is 7.93. The van der Waals surface area contributed by atoms with E-state index in [0.29, 0.717) is 0 Å². The molecule has 348 valence electrons. The molecule has 3 heteroatoms. The molecule has 0 spiro atoms. The monoisotopic (exact) mass is 896 g/mol. The molecule has 6 rings (SSSR count). The first-order valence-electron chi connectivity index (χ1n) is 24.6. The van der Waals surface area contributed by atoms with Crippen molar-refractivity contribution in [3.05, 3.63) is 181 Å². The van der Waals surface area contributed by atoms with Crippen LogP contribution in [0.4, 0.5) is 17.1 Å². The fourth-order valence-electron chi connectivity index (χ4n) is 9.96. The zero-order chi connectivity index (χ0) is 48.9. The number of benzene rings is 5. The van der Waals surface area contributed by atoms with Crippen molar-refractivity contribution in [2.45, 2.75) is 167 Å². The maximum Gasteiger partial charge on any atom is 0.249 e. The highest BCUT2D eigenvalue weighted by atomic mass is 32.2. The van der Waals surface area contributed by atoms with Crippen molar-refractivity contribution in [1.29, 1.82) is 0 Å². The molecule has 5 aromatic rings. The summed E-state index contributed by atoms with van der Waals surface area (Å²) in [7, 11) is 0. The Morgan fingerprint density at radius 3 is 1.62 bits per heavy atom. The molecular formula is C63H82BNS. The van der Waals surface area contributed by atoms with E-state index in [1.54, 1.807) is 0 Å². The summed E-state index contributed by atoms with van der Waals surface area (Å²) in [4.78, 5) is 5.06. The summed E-state index contributed by atoms with van der Waals surface area (Å²) in [5, 5.41) is 0. The lowest BCUT2D eigenvalue weighted by Gasteiger charge is -2.42. The smallest absolute Gasteiger partial charge is 0.249 e. The van der Waals surface area contributed by atoms with Gasteiger partial charge in [-0.3, -0.25) is 0 Å². The van der Waals surface area contributed by atoms with Gasteiger partial charge in [-0.15, -0.1) is 11.8 Å². The van der Waals surface area contributed by atoms with Crippen molar-refractivity contribution >= 4 is 46.5 Å². The normalized spacial score (nSPS) is 15.9. The van der Waals surface area contributed by atoms with E-state index < -0.39 is 0 Å². The van der Waals surface area contributed by atoms with Crippen LogP contribution in [-0.4, -0.2) is 6.71 Å². The van der Waals surface area contributed by atoms with Crippen LogP contribution in [0.3, 0.4) is 0 Å². The first-order chi connectivity index (χ1) is 30.5. The van der Waals surface area contributed by atoms with Gasteiger partial charge < -0.3 is 4.90 Å². The fourth-order valence-corrected chi connectivity index (χ4v) is 11.1. The van der Waals surface area contributed by atoms with Crippen LogP contribution in [0, 0.1) is 45.4 Å². The molecule has 0 bridgehead atoms. The molecule has 0 heterocycles. The second kappa shape index (κ2) is 18.9. The topological polar surface area (TPSA) is 3.24 Å². The average molecular weight is 896 g/mol. The van der Waals surface area contributed by atoms with Crippen LogP contribution in [0.15, 0.2) is 125 Å². The second-order valence-electron chi connectivity index (χ2n) is 24.1. The Hall–Kier alpha value is -4.47. The van der Waals surface area contributed by atoms with Crippen molar-refractivity contribution in [2.24, 2.45) is 10.8 Å². The van der Waals surface area contributed by atoms with Crippen LogP contribution < -0.4 is 15.8 Å². The van der Waals surface area contributed by atoms with Gasteiger partial charge in [-0.1, -0.05) is 210 Å². The van der Waals surface area contributed by atoms with E-state index in [1.807, 2.05) is 11.8 Å². The van der Waals surface area contributed by atoms with Crippen LogP contribution in [-0.2, 0) is 22.7 Å². The summed E-state index contributed by atoms with van der Waals surface area (Å²) in [5.74, 6) is 0. The zero-order valence-electron chi connectivity index (χ0n) is 44.6. The Balaban J connectivity index is 1.62. The van der Waals surface area contributed by atoms with Gasteiger partial charge >= 0.3 is 0 Å². The third kappa shape index (κ3) is 10.9. The summed E-state index contributed by atoms with van der Waals surface area (Å²) in [6, 6.07) is 35.6. The molecule has 1 aliphatic rings. The molecule has 66 heavy (non-hydrogen) atoms. The minimum absolute atomic E-state index is 0.0301. The lowest BCUT2D eigenvalue weighted by Crippen LogP contribution is -2.47. The lowest BCUT2D eigenvalue weighted by molar-refractivity contribution is 0.168. The van der Waals surface area contributed by atoms with E-state index >= 15 is 0 Å². The van der Waals surface area contributed by atoms with Gasteiger partial charge in [0.1, 0.15) is 0 Å². The van der Waals surface area contributed by atoms with E-state index in [1.165, 1.54) is 93.2 Å². The van der Waals surface area contributed by atoms with Crippen molar-refractivity contribution in [1.82, 2.24) is 0 Å². The molecule has 0 fully saturated rings. The van der Waals surface area contributed by atoms with E-state index in [0.717, 1.165) is 24.9 Å². The van der Waals surface area contributed by atoms with Gasteiger partial charge in [0, 0.05) is 16.3 Å². The van der Waals surface area contributed by atoms with Gasteiger partial charge in [-0.25, -0.2) is 0 Å². The summed E-state index contributed by atoms with van der Waals surface area (Å²) >= 11 is 1.91. The fraction of sp³-hybridized carbons (Fsp3) is 0.429. The first kappa shape index (κ1) is 50.9. The van der Waals surface area contributed by atoms with E-state index in [2.05, 4.69) is 240 Å². The number of rotatable bonds is 11. The van der Waals surface area contributed by atoms with Gasteiger partial charge in [0.2, 0.25) is 6.71 Å². The van der Waals surface area contributed by atoms with Gasteiger partial charge in [0.25, 0.3) is 0 Å². The average Bonchev–Trinajstić information content (AvgIpc) is 3.20. The molecule has 0 saturated heterocycles. The van der Waals surface area contributed by atoms with Crippen molar-refractivity contribution in [3.63, 3.8) is 0 Å². The first-order valence-corrected chi connectivity index (χ1v) is 25.5. The number of anilines is 3. The minimum atomic E-state index is -0.0301. The number of aryl methyl sites for hydroxylation is 5. The van der Waals surface area contributed by atoms with Gasteiger partial charge in [-0.05, 0) is 155 Å². The second-order valence-corrected chi connectivity index (χ2v) is 25.3. The third-order valence-electron chi connectivity index (χ3n) is 14.7. The molecule has 1 unspecified atom stereocenters. The molecule has 0 N–H and O–H groups in total. The number of thioether (sulfide) groups is 1. The van der Waals surface area contributed by atoms with E-state index in [4.69, 9.17) is 6.58 Å². The number of hydrogen-bond donors (Lipinski definition) is 0. The Labute approximate surface area is 407 Å². The summed E-state index contributed by atoms with van der Waals surface area (Å²) in [5.41, 5.74) is 21.3. The highest BCUT2D eigenvalue weighted by molar-refractivity contribution is 8.09. The molecule has 0 amide bonds. The molecule has 5 aromatic carbocycles. The molecule has 0 aliphatic heterocycles. The quantitative estimate of drug-likeness (QED) is 0.122. The van der Waals surface area contributed by atoms with Gasteiger partial charge in [0.15, 0.2) is 0 Å². The molecule has 0 saturated carbocycles. The molecule has 1 aliphatic carbocycles. The maximum absolute atomic E-state index is 5.06. The van der Waals surface area contributed by atoms with Gasteiger partial charge in [-0.2, -0.15) is 0 Å². The number of nitrogens with zero attached hydrogens (tertiary/aromatic N) is 1. The number of allylic oxidation sites excluding steroid dienone is 3. The predicted molar refractivity (Wildman–Crippen MR) is 297 cm³/mol. The van der Waals surface area contributed by atoms with Crippen LogP contribution >= 0.6 is 11.8 Å². The van der Waals surface area contributed by atoms with Crippen LogP contribution in [0.2, 0.25) is 0 Å². The maximum atomic E-state index is 5.06. The van der Waals surface area contributed by atoms with Crippen molar-refractivity contribution in [2.75, 3.05) is 4.90 Å². The summed E-state index contributed by atoms with van der Waals surface area (Å²) < 4.78 is 0. The van der Waals surface area contributed by atoms with Crippen LogP contribution in [0.25, 0.3) is 0 Å². The standard InChI is InChI=1S/C63H82BNS/c1-21-48-40-63(20,62(17,18)19)33-32-56(48)66-46(7)64(57-42(3)34-41(2)35-43(57)4)55-31-30-54(39-49(55)38-47-22-24-50(25-23-47)59(8,9)10)65(53-28-26-51(27-29-53)60(11,12)13)58-44(5)36-52(37-45(58)6)61(14,15)16/h22-32,34-37,39-40H,7,21,33,38H2,1-6,8-20H3. The highest BCUT2D eigenvalue weighted by Crippen LogP contribution is 2.50. The lowest BCUT2D eigenvalue weighted by atomic mass is 9.38. The van der Waals surface area contributed by atoms with Crippen molar-refractivity contribution < 1.29 is 0 Å². The zero-order valence-corrected chi connectivity index (χ0v) is 45.4. The molecule has 1 atom stereocenters. The third-order valence-corrected chi connectivity index (χ3v) is 15.8. The summed E-state index contributed by atoms with van der Waals surface area (Å²) in [6.45, 7) is 49.1. The van der Waals surface area contributed by atoms with E-state index in [9.17, 15) is 0 Å². The number of hydrogen-bond acceptors (Lipinski definition) is 2. The van der Waals surface area contributed by atoms with Crippen LogP contribution in [0.5, 0.6) is 0 Å². The largest absolute Gasteiger partial charge is 0.310 e. The predicted octanol–water partition coefficient (Wildman–Crippen LogP) is 17.3. The Bertz CT molecular complexity index is 2600. The molecular weight excluding hydrogens is 814 g/mol. The highest BCUT2D eigenvalue weighted by Gasteiger charge is 2.38. The Morgan fingerprint density at radius 1 is 0.636 bits per heavy atom. The molecule has 0 radical (unpaired) electrons. The molecule has 0 aromatic heterocycles. The van der Waals surface area contributed by atoms with Crippen molar-refractivity contribution in [3.8, 4) is 0 Å².